The van der Waals surface area contributed by atoms with Gasteiger partial charge in [0, 0.05) is 58.2 Å². The van der Waals surface area contributed by atoms with Gasteiger partial charge in [-0.15, -0.1) is 0 Å². The normalized spacial score (nSPS) is 20.4. The molecule has 2 aromatic rings. The van der Waals surface area contributed by atoms with Gasteiger partial charge in [0.2, 0.25) is 0 Å². The van der Waals surface area contributed by atoms with Crippen LogP contribution < -0.4 is 10.2 Å². The van der Waals surface area contributed by atoms with E-state index in [9.17, 15) is 0 Å². The van der Waals surface area contributed by atoms with Crippen LogP contribution in [0.3, 0.4) is 0 Å². The third kappa shape index (κ3) is 3.60. The minimum Gasteiger partial charge on any atom is -0.357 e. The summed E-state index contributed by atoms with van der Waals surface area (Å²) in [7, 11) is 0. The number of pyridine rings is 1. The highest BCUT2D eigenvalue weighted by atomic mass is 15.2. The molecular weight excluding hydrogens is 300 g/mol. The average Bonchev–Trinajstić information content (AvgIpc) is 3.18. The SMILES string of the molecule is c1cc(N2CCC(CN3CCNCC3)CC2)nc(-n2ccnc2)c1. The molecule has 0 bridgehead atoms. The number of imidazole rings is 1. The van der Waals surface area contributed by atoms with Gasteiger partial charge in [-0.05, 0) is 30.9 Å². The van der Waals surface area contributed by atoms with Gasteiger partial charge in [-0.3, -0.25) is 4.57 Å². The molecule has 6 nitrogen and oxygen atoms in total. The number of piperazine rings is 1. The van der Waals surface area contributed by atoms with Crippen LogP contribution in [0.2, 0.25) is 0 Å². The van der Waals surface area contributed by atoms with Crippen molar-refractivity contribution >= 4 is 5.82 Å². The molecule has 0 radical (unpaired) electrons. The first-order valence-electron chi connectivity index (χ1n) is 9.02. The molecular formula is C18H26N6. The molecule has 2 aliphatic rings. The molecule has 2 aliphatic heterocycles. The summed E-state index contributed by atoms with van der Waals surface area (Å²) in [5, 5.41) is 3.43. The zero-order valence-electron chi connectivity index (χ0n) is 14.1. The Bertz CT molecular complexity index is 627. The number of aromatic nitrogens is 3. The number of hydrogen-bond acceptors (Lipinski definition) is 5. The van der Waals surface area contributed by atoms with Crippen molar-refractivity contribution in [3.63, 3.8) is 0 Å². The Morgan fingerprint density at radius 3 is 2.58 bits per heavy atom. The van der Waals surface area contributed by atoms with Crippen LogP contribution in [0.5, 0.6) is 0 Å². The standard InChI is InChI=1S/C18H26N6/c1-2-17(21-18(3-1)24-13-8-20-15-24)23-9-4-16(5-10-23)14-22-11-6-19-7-12-22/h1-3,8,13,15-16,19H,4-7,9-12,14H2. The third-order valence-corrected chi connectivity index (χ3v) is 5.15. The third-order valence-electron chi connectivity index (χ3n) is 5.15. The number of rotatable bonds is 4. The van der Waals surface area contributed by atoms with E-state index in [2.05, 4.69) is 32.2 Å². The molecule has 24 heavy (non-hydrogen) atoms. The highest BCUT2D eigenvalue weighted by molar-refractivity contribution is 5.43. The molecule has 0 amide bonds. The van der Waals surface area contributed by atoms with Gasteiger partial charge >= 0.3 is 0 Å². The Kier molecular flexibility index (Phi) is 4.76. The van der Waals surface area contributed by atoms with Crippen LogP contribution in [0.25, 0.3) is 5.82 Å². The second-order valence-corrected chi connectivity index (χ2v) is 6.80. The summed E-state index contributed by atoms with van der Waals surface area (Å²) in [6.45, 7) is 8.17. The number of piperidine rings is 1. The molecule has 2 saturated heterocycles. The van der Waals surface area contributed by atoms with Crippen molar-refractivity contribution < 1.29 is 0 Å². The van der Waals surface area contributed by atoms with E-state index in [1.54, 1.807) is 12.5 Å². The van der Waals surface area contributed by atoms with Gasteiger partial charge in [0.15, 0.2) is 0 Å². The Balaban J connectivity index is 1.35. The fourth-order valence-corrected chi connectivity index (χ4v) is 3.73. The highest BCUT2D eigenvalue weighted by Crippen LogP contribution is 2.23. The Morgan fingerprint density at radius 2 is 1.83 bits per heavy atom. The van der Waals surface area contributed by atoms with E-state index in [1.807, 2.05) is 16.8 Å². The van der Waals surface area contributed by atoms with Crippen LogP contribution >= 0.6 is 0 Å². The lowest BCUT2D eigenvalue weighted by atomic mass is 9.96. The predicted octanol–water partition coefficient (Wildman–Crippen LogP) is 1.39. The van der Waals surface area contributed by atoms with Gasteiger partial charge in [0.1, 0.15) is 18.0 Å². The van der Waals surface area contributed by atoms with Crippen molar-refractivity contribution in [2.45, 2.75) is 12.8 Å². The van der Waals surface area contributed by atoms with E-state index < -0.39 is 0 Å². The summed E-state index contributed by atoms with van der Waals surface area (Å²) >= 11 is 0. The van der Waals surface area contributed by atoms with Crippen LogP contribution in [-0.2, 0) is 0 Å². The number of nitrogens with zero attached hydrogens (tertiary/aromatic N) is 5. The second-order valence-electron chi connectivity index (χ2n) is 6.80. The van der Waals surface area contributed by atoms with Gasteiger partial charge in [0.05, 0.1) is 0 Å². The topological polar surface area (TPSA) is 49.2 Å². The van der Waals surface area contributed by atoms with E-state index in [0.29, 0.717) is 0 Å². The monoisotopic (exact) mass is 326 g/mol. The molecule has 0 saturated carbocycles. The smallest absolute Gasteiger partial charge is 0.140 e. The van der Waals surface area contributed by atoms with Gasteiger partial charge in [0.25, 0.3) is 0 Å². The van der Waals surface area contributed by atoms with Crippen LogP contribution in [0.15, 0.2) is 36.9 Å². The van der Waals surface area contributed by atoms with E-state index in [-0.39, 0.29) is 0 Å². The number of anilines is 1. The van der Waals surface area contributed by atoms with Gasteiger partial charge in [-0.1, -0.05) is 6.07 Å². The Labute approximate surface area is 143 Å². The second kappa shape index (κ2) is 7.32. The summed E-state index contributed by atoms with van der Waals surface area (Å²) in [4.78, 5) is 14.0. The number of nitrogens with one attached hydrogen (secondary N) is 1. The van der Waals surface area contributed by atoms with E-state index in [1.165, 1.54) is 32.5 Å². The fourth-order valence-electron chi connectivity index (χ4n) is 3.73. The maximum absolute atomic E-state index is 4.81. The molecule has 2 aromatic heterocycles. The first-order chi connectivity index (χ1) is 11.9. The van der Waals surface area contributed by atoms with Gasteiger partial charge < -0.3 is 15.1 Å². The lowest BCUT2D eigenvalue weighted by Crippen LogP contribution is -2.47. The zero-order valence-corrected chi connectivity index (χ0v) is 14.1. The molecule has 1 N–H and O–H groups in total. The summed E-state index contributed by atoms with van der Waals surface area (Å²) in [5.41, 5.74) is 0. The van der Waals surface area contributed by atoms with Gasteiger partial charge in [-0.2, -0.15) is 0 Å². The highest BCUT2D eigenvalue weighted by Gasteiger charge is 2.23. The zero-order chi connectivity index (χ0) is 16.2. The lowest BCUT2D eigenvalue weighted by molar-refractivity contribution is 0.190. The molecule has 0 spiro atoms. The summed E-state index contributed by atoms with van der Waals surface area (Å²) < 4.78 is 1.96. The molecule has 4 rings (SSSR count). The Morgan fingerprint density at radius 1 is 1.04 bits per heavy atom. The number of hydrogen-bond donors (Lipinski definition) is 1. The van der Waals surface area contributed by atoms with E-state index in [0.717, 1.165) is 43.7 Å². The van der Waals surface area contributed by atoms with Crippen LogP contribution in [0, 0.1) is 5.92 Å². The summed E-state index contributed by atoms with van der Waals surface area (Å²) in [6, 6.07) is 6.24. The van der Waals surface area contributed by atoms with Gasteiger partial charge in [-0.25, -0.2) is 9.97 Å². The molecule has 0 unspecified atom stereocenters. The largest absolute Gasteiger partial charge is 0.357 e. The summed E-state index contributed by atoms with van der Waals surface area (Å²) in [6.07, 6.45) is 8.05. The minimum absolute atomic E-state index is 0.830. The predicted molar refractivity (Wildman–Crippen MR) is 95.6 cm³/mol. The lowest BCUT2D eigenvalue weighted by Gasteiger charge is -2.36. The average molecular weight is 326 g/mol. The maximum atomic E-state index is 4.81. The van der Waals surface area contributed by atoms with E-state index in [4.69, 9.17) is 4.98 Å². The van der Waals surface area contributed by atoms with Crippen LogP contribution in [0.4, 0.5) is 5.82 Å². The first kappa shape index (κ1) is 15.6. The van der Waals surface area contributed by atoms with Crippen molar-refractivity contribution in [2.75, 3.05) is 50.7 Å². The molecule has 0 atom stereocenters. The van der Waals surface area contributed by atoms with Crippen LogP contribution in [0.1, 0.15) is 12.8 Å². The summed E-state index contributed by atoms with van der Waals surface area (Å²) in [5.74, 6) is 2.85. The van der Waals surface area contributed by atoms with Crippen molar-refractivity contribution in [3.05, 3.63) is 36.9 Å². The van der Waals surface area contributed by atoms with Crippen molar-refractivity contribution in [2.24, 2.45) is 5.92 Å². The molecule has 4 heterocycles. The van der Waals surface area contributed by atoms with Crippen molar-refractivity contribution in [1.29, 1.82) is 0 Å². The molecule has 6 heteroatoms. The molecule has 0 aliphatic carbocycles. The first-order valence-corrected chi connectivity index (χ1v) is 9.02. The van der Waals surface area contributed by atoms with E-state index >= 15 is 0 Å². The maximum Gasteiger partial charge on any atom is 0.140 e. The minimum atomic E-state index is 0.830. The molecule has 0 aromatic carbocycles. The fraction of sp³-hybridized carbons (Fsp3) is 0.556. The van der Waals surface area contributed by atoms with Crippen molar-refractivity contribution in [3.8, 4) is 5.82 Å². The molecule has 2 fully saturated rings. The van der Waals surface area contributed by atoms with Crippen molar-refractivity contribution in [1.82, 2.24) is 24.8 Å². The van der Waals surface area contributed by atoms with Crippen LogP contribution in [-0.4, -0.2) is 65.2 Å². The quantitative estimate of drug-likeness (QED) is 0.920. The Hall–Kier alpha value is -1.92. The molecule has 128 valence electrons.